The lowest BCUT2D eigenvalue weighted by Gasteiger charge is -2.38. The lowest BCUT2D eigenvalue weighted by atomic mass is 9.70. The molecule has 4 heteroatoms. The van der Waals surface area contributed by atoms with Crippen molar-refractivity contribution in [1.29, 1.82) is 0 Å². The van der Waals surface area contributed by atoms with Gasteiger partial charge in [0.15, 0.2) is 0 Å². The Hall–Kier alpha value is -1.31. The molecule has 1 heterocycles. The van der Waals surface area contributed by atoms with Crippen molar-refractivity contribution in [1.82, 2.24) is 5.32 Å². The molecular formula is C15H20N2OS. The van der Waals surface area contributed by atoms with Crippen molar-refractivity contribution < 1.29 is 4.79 Å². The Balaban J connectivity index is 1.99. The summed E-state index contributed by atoms with van der Waals surface area (Å²) in [6, 6.07) is 1.91. The van der Waals surface area contributed by atoms with Crippen LogP contribution >= 0.6 is 11.3 Å². The minimum Gasteiger partial charge on any atom is -0.351 e. The Morgan fingerprint density at radius 3 is 2.89 bits per heavy atom. The molecule has 1 aromatic heterocycles. The summed E-state index contributed by atoms with van der Waals surface area (Å²) < 4.78 is 0. The van der Waals surface area contributed by atoms with Gasteiger partial charge in [0.2, 0.25) is 0 Å². The summed E-state index contributed by atoms with van der Waals surface area (Å²) in [7, 11) is 0. The third kappa shape index (κ3) is 3.37. The number of amides is 1. The molecule has 1 fully saturated rings. The van der Waals surface area contributed by atoms with Crippen LogP contribution in [0.1, 0.15) is 46.3 Å². The van der Waals surface area contributed by atoms with Crippen LogP contribution in [0.5, 0.6) is 0 Å². The number of carbonyl (C=O) groups excluding carboxylic acids is 1. The molecule has 3 nitrogen and oxygen atoms in total. The monoisotopic (exact) mass is 276 g/mol. The van der Waals surface area contributed by atoms with E-state index in [1.54, 1.807) is 0 Å². The molecule has 1 aliphatic rings. The fourth-order valence-electron chi connectivity index (χ4n) is 2.19. The van der Waals surface area contributed by atoms with Crippen LogP contribution in [0.2, 0.25) is 0 Å². The first-order valence-corrected chi connectivity index (χ1v) is 7.43. The van der Waals surface area contributed by atoms with Crippen molar-refractivity contribution in [3.63, 3.8) is 0 Å². The molecule has 1 aliphatic carbocycles. The number of nitrogens with two attached hydrogens (primary N) is 1. The highest BCUT2D eigenvalue weighted by atomic mass is 32.1. The molecule has 1 saturated carbocycles. The standard InChI is InChI=1S/C15H20N2OS/c1-11-9-13(19-12(11)5-3-8-16)14(18)17-10-15(2)6-4-7-15/h9H,4,6-8,10,16H2,1-2H3,(H,17,18). The summed E-state index contributed by atoms with van der Waals surface area (Å²) in [5.74, 6) is 5.85. The van der Waals surface area contributed by atoms with E-state index in [9.17, 15) is 4.79 Å². The van der Waals surface area contributed by atoms with Gasteiger partial charge in [-0.05, 0) is 36.8 Å². The SMILES string of the molecule is Cc1cc(C(=O)NCC2(C)CCC2)sc1C#CCN. The summed E-state index contributed by atoms with van der Waals surface area (Å²) in [6.45, 7) is 5.32. The smallest absolute Gasteiger partial charge is 0.261 e. The van der Waals surface area contributed by atoms with Gasteiger partial charge in [-0.1, -0.05) is 25.2 Å². The van der Waals surface area contributed by atoms with Gasteiger partial charge in [-0.25, -0.2) is 0 Å². The van der Waals surface area contributed by atoms with E-state index in [4.69, 9.17) is 5.73 Å². The van der Waals surface area contributed by atoms with Crippen LogP contribution in [0.15, 0.2) is 6.07 Å². The molecule has 0 atom stereocenters. The van der Waals surface area contributed by atoms with Gasteiger partial charge in [0, 0.05) is 6.54 Å². The normalized spacial score (nSPS) is 16.2. The number of carbonyl (C=O) groups is 1. The average Bonchev–Trinajstić information content (AvgIpc) is 2.72. The Morgan fingerprint density at radius 2 is 2.32 bits per heavy atom. The highest BCUT2D eigenvalue weighted by Gasteiger charge is 2.32. The van der Waals surface area contributed by atoms with Crippen LogP contribution in [-0.2, 0) is 0 Å². The van der Waals surface area contributed by atoms with Gasteiger partial charge < -0.3 is 11.1 Å². The second-order valence-electron chi connectivity index (χ2n) is 5.48. The number of hydrogen-bond acceptors (Lipinski definition) is 3. The molecule has 1 amide bonds. The number of hydrogen-bond donors (Lipinski definition) is 2. The number of nitrogens with one attached hydrogen (secondary N) is 1. The molecule has 0 spiro atoms. The van der Waals surface area contributed by atoms with Crippen molar-refractivity contribution in [3.8, 4) is 11.8 Å². The lowest BCUT2D eigenvalue weighted by Crippen LogP contribution is -2.39. The van der Waals surface area contributed by atoms with Crippen LogP contribution in [-0.4, -0.2) is 19.0 Å². The number of aryl methyl sites for hydroxylation is 1. The molecule has 0 saturated heterocycles. The van der Waals surface area contributed by atoms with Crippen molar-refractivity contribution in [3.05, 3.63) is 21.4 Å². The Bertz CT molecular complexity index is 532. The maximum Gasteiger partial charge on any atom is 0.261 e. The molecule has 0 aliphatic heterocycles. The zero-order chi connectivity index (χ0) is 13.9. The summed E-state index contributed by atoms with van der Waals surface area (Å²) in [5.41, 5.74) is 6.72. The quantitative estimate of drug-likeness (QED) is 0.832. The second-order valence-corrected chi connectivity index (χ2v) is 6.53. The highest BCUT2D eigenvalue weighted by Crippen LogP contribution is 2.39. The van der Waals surface area contributed by atoms with E-state index < -0.39 is 0 Å². The third-order valence-electron chi connectivity index (χ3n) is 3.68. The second kappa shape index (κ2) is 5.77. The molecule has 0 unspecified atom stereocenters. The molecule has 0 aromatic carbocycles. The topological polar surface area (TPSA) is 55.1 Å². The first-order chi connectivity index (χ1) is 9.04. The minimum atomic E-state index is 0.0158. The van der Waals surface area contributed by atoms with Gasteiger partial charge in [0.25, 0.3) is 5.91 Å². The van der Waals surface area contributed by atoms with Crippen LogP contribution in [0.3, 0.4) is 0 Å². The molecule has 0 radical (unpaired) electrons. The van der Waals surface area contributed by atoms with Gasteiger partial charge in [-0.2, -0.15) is 0 Å². The predicted octanol–water partition coefficient (Wildman–Crippen LogP) is 2.29. The molecular weight excluding hydrogens is 256 g/mol. The first-order valence-electron chi connectivity index (χ1n) is 6.62. The van der Waals surface area contributed by atoms with E-state index in [0.717, 1.165) is 21.9 Å². The van der Waals surface area contributed by atoms with Gasteiger partial charge in [0.05, 0.1) is 16.3 Å². The van der Waals surface area contributed by atoms with E-state index >= 15 is 0 Å². The van der Waals surface area contributed by atoms with E-state index in [1.165, 1.54) is 30.6 Å². The molecule has 3 N–H and O–H groups in total. The summed E-state index contributed by atoms with van der Waals surface area (Å²) in [5, 5.41) is 3.04. The van der Waals surface area contributed by atoms with Crippen LogP contribution < -0.4 is 11.1 Å². The maximum absolute atomic E-state index is 12.1. The largest absolute Gasteiger partial charge is 0.351 e. The zero-order valence-corrected chi connectivity index (χ0v) is 12.3. The molecule has 0 bridgehead atoms. The molecule has 19 heavy (non-hydrogen) atoms. The Labute approximate surface area is 118 Å². The molecule has 2 rings (SSSR count). The first kappa shape index (κ1) is 14.1. The van der Waals surface area contributed by atoms with Crippen molar-refractivity contribution in [2.75, 3.05) is 13.1 Å². The van der Waals surface area contributed by atoms with E-state index in [2.05, 4.69) is 24.1 Å². The number of thiophene rings is 1. The van der Waals surface area contributed by atoms with Gasteiger partial charge >= 0.3 is 0 Å². The van der Waals surface area contributed by atoms with Crippen molar-refractivity contribution >= 4 is 17.2 Å². The fraction of sp³-hybridized carbons (Fsp3) is 0.533. The lowest BCUT2D eigenvalue weighted by molar-refractivity contribution is 0.0894. The van der Waals surface area contributed by atoms with E-state index in [1.807, 2.05) is 13.0 Å². The Morgan fingerprint density at radius 1 is 1.58 bits per heavy atom. The minimum absolute atomic E-state index is 0.0158. The van der Waals surface area contributed by atoms with Crippen molar-refractivity contribution in [2.45, 2.75) is 33.1 Å². The number of rotatable bonds is 3. The third-order valence-corrected chi connectivity index (χ3v) is 4.83. The Kier molecular flexibility index (Phi) is 4.28. The highest BCUT2D eigenvalue weighted by molar-refractivity contribution is 7.14. The molecule has 102 valence electrons. The fourth-order valence-corrected chi connectivity index (χ4v) is 3.15. The average molecular weight is 276 g/mol. The van der Waals surface area contributed by atoms with Crippen LogP contribution in [0.25, 0.3) is 0 Å². The van der Waals surface area contributed by atoms with Crippen molar-refractivity contribution in [2.24, 2.45) is 11.1 Å². The zero-order valence-electron chi connectivity index (χ0n) is 11.5. The summed E-state index contributed by atoms with van der Waals surface area (Å²) >= 11 is 1.44. The molecule has 1 aromatic rings. The van der Waals surface area contributed by atoms with Crippen LogP contribution in [0, 0.1) is 24.2 Å². The summed E-state index contributed by atoms with van der Waals surface area (Å²) in [6.07, 6.45) is 3.71. The summed E-state index contributed by atoms with van der Waals surface area (Å²) in [4.78, 5) is 13.8. The van der Waals surface area contributed by atoms with E-state index in [-0.39, 0.29) is 5.91 Å². The van der Waals surface area contributed by atoms with Gasteiger partial charge in [-0.3, -0.25) is 4.79 Å². The predicted molar refractivity (Wildman–Crippen MR) is 79.3 cm³/mol. The van der Waals surface area contributed by atoms with E-state index in [0.29, 0.717) is 12.0 Å². The maximum atomic E-state index is 12.1. The van der Waals surface area contributed by atoms with Crippen LogP contribution in [0.4, 0.5) is 0 Å². The van der Waals surface area contributed by atoms with Gasteiger partial charge in [-0.15, -0.1) is 11.3 Å². The van der Waals surface area contributed by atoms with Gasteiger partial charge in [0.1, 0.15) is 0 Å².